The van der Waals surface area contributed by atoms with Crippen LogP contribution in [0.25, 0.3) is 0 Å². The third kappa shape index (κ3) is 2.57. The van der Waals surface area contributed by atoms with E-state index in [2.05, 4.69) is 58.3 Å². The van der Waals surface area contributed by atoms with Gasteiger partial charge in [0.05, 0.1) is 3.79 Å². The summed E-state index contributed by atoms with van der Waals surface area (Å²) in [5, 5.41) is 3.67. The van der Waals surface area contributed by atoms with E-state index in [1.165, 1.54) is 31.9 Å². The van der Waals surface area contributed by atoms with Crippen molar-refractivity contribution in [3.8, 4) is 0 Å². The number of nitrogens with zero attached hydrogens (tertiary/aromatic N) is 1. The maximum Gasteiger partial charge on any atom is 0.0731 e. The lowest BCUT2D eigenvalue weighted by Gasteiger charge is -2.23. The van der Waals surface area contributed by atoms with Gasteiger partial charge >= 0.3 is 0 Å². The molecule has 1 aliphatic rings. The van der Waals surface area contributed by atoms with E-state index in [1.807, 2.05) is 17.5 Å². The minimum atomic E-state index is 0.381. The monoisotopic (exact) mass is 350 g/mol. The first-order valence-electron chi connectivity index (χ1n) is 7.13. The number of thiophene rings is 1. The van der Waals surface area contributed by atoms with Crippen LogP contribution >= 0.6 is 27.3 Å². The zero-order valence-corrected chi connectivity index (χ0v) is 14.2. The van der Waals surface area contributed by atoms with Crippen LogP contribution in [0.2, 0.25) is 0 Å². The second kappa shape index (κ2) is 5.96. The molecule has 0 spiro atoms. The smallest absolute Gasteiger partial charge is 0.0731 e. The molecule has 2 heterocycles. The highest BCUT2D eigenvalue weighted by Crippen LogP contribution is 2.43. The lowest BCUT2D eigenvalue weighted by Crippen LogP contribution is -2.25. The molecule has 4 heteroatoms. The Kier molecular flexibility index (Phi) is 4.24. The molecule has 20 heavy (non-hydrogen) atoms. The topological polar surface area (TPSA) is 24.9 Å². The number of pyridine rings is 1. The van der Waals surface area contributed by atoms with E-state index < -0.39 is 0 Å². The molecule has 106 valence electrons. The van der Waals surface area contributed by atoms with Crippen molar-refractivity contribution in [2.24, 2.45) is 0 Å². The number of aromatic nitrogens is 1. The molecule has 0 saturated carbocycles. The second-order valence-electron chi connectivity index (χ2n) is 5.33. The Morgan fingerprint density at radius 1 is 1.55 bits per heavy atom. The van der Waals surface area contributed by atoms with Gasteiger partial charge in [0.2, 0.25) is 0 Å². The van der Waals surface area contributed by atoms with Crippen LogP contribution < -0.4 is 5.32 Å². The molecule has 2 aromatic rings. The third-order valence-corrected chi connectivity index (χ3v) is 6.23. The second-order valence-corrected chi connectivity index (χ2v) is 7.74. The van der Waals surface area contributed by atoms with Gasteiger partial charge in [0.25, 0.3) is 0 Å². The number of likely N-dealkylation sites (N-methyl/N-ethyl adjacent to an activating group) is 1. The molecule has 0 aromatic carbocycles. The Bertz CT molecular complexity index is 589. The molecule has 0 fully saturated rings. The van der Waals surface area contributed by atoms with Crippen molar-refractivity contribution in [3.05, 3.63) is 49.9 Å². The zero-order chi connectivity index (χ0) is 14.1. The third-order valence-electron chi connectivity index (χ3n) is 4.01. The van der Waals surface area contributed by atoms with E-state index >= 15 is 0 Å². The summed E-state index contributed by atoms with van der Waals surface area (Å²) in [6, 6.07) is 6.96. The fraction of sp³-hybridized carbons (Fsp3) is 0.438. The van der Waals surface area contributed by atoms with E-state index in [-0.39, 0.29) is 0 Å². The molecular formula is C16H19BrN2S. The average molecular weight is 351 g/mol. The Morgan fingerprint density at radius 3 is 3.10 bits per heavy atom. The summed E-state index contributed by atoms with van der Waals surface area (Å²) in [6.45, 7) is 5.32. The molecule has 0 amide bonds. The first kappa shape index (κ1) is 14.2. The number of hydrogen-bond donors (Lipinski definition) is 1. The number of halogens is 1. The van der Waals surface area contributed by atoms with Crippen LogP contribution in [0.1, 0.15) is 47.0 Å². The van der Waals surface area contributed by atoms with E-state index in [4.69, 9.17) is 0 Å². The SMILES string of the molecule is CCNC(c1cc(C)c(Br)s1)C1CCc2cccnc21. The number of hydrogen-bond acceptors (Lipinski definition) is 3. The molecule has 2 unspecified atom stereocenters. The van der Waals surface area contributed by atoms with Gasteiger partial charge in [-0.3, -0.25) is 4.98 Å². The Balaban J connectivity index is 1.96. The van der Waals surface area contributed by atoms with Crippen molar-refractivity contribution >= 4 is 27.3 Å². The minimum absolute atomic E-state index is 0.381. The van der Waals surface area contributed by atoms with Crippen LogP contribution in [0.3, 0.4) is 0 Å². The molecule has 2 aromatic heterocycles. The first-order valence-corrected chi connectivity index (χ1v) is 8.74. The van der Waals surface area contributed by atoms with Gasteiger partial charge in [-0.2, -0.15) is 0 Å². The van der Waals surface area contributed by atoms with E-state index in [9.17, 15) is 0 Å². The van der Waals surface area contributed by atoms with Gasteiger partial charge in [-0.05, 0) is 65.5 Å². The molecule has 3 rings (SSSR count). The Morgan fingerprint density at radius 2 is 2.40 bits per heavy atom. The summed E-state index contributed by atoms with van der Waals surface area (Å²) in [5.41, 5.74) is 4.04. The summed E-state index contributed by atoms with van der Waals surface area (Å²) in [4.78, 5) is 6.07. The van der Waals surface area contributed by atoms with Gasteiger partial charge in [-0.1, -0.05) is 13.0 Å². The van der Waals surface area contributed by atoms with Gasteiger partial charge in [0.15, 0.2) is 0 Å². The highest BCUT2D eigenvalue weighted by molar-refractivity contribution is 9.11. The molecule has 0 radical (unpaired) electrons. The lowest BCUT2D eigenvalue weighted by molar-refractivity contribution is 0.453. The fourth-order valence-corrected chi connectivity index (χ4v) is 4.78. The predicted molar refractivity (Wildman–Crippen MR) is 88.5 cm³/mol. The van der Waals surface area contributed by atoms with Crippen LogP contribution in [-0.4, -0.2) is 11.5 Å². The van der Waals surface area contributed by atoms with Gasteiger partial charge in [0, 0.05) is 28.7 Å². The molecule has 2 nitrogen and oxygen atoms in total. The average Bonchev–Trinajstić information content (AvgIpc) is 3.01. The van der Waals surface area contributed by atoms with Gasteiger partial charge in [-0.25, -0.2) is 0 Å². The van der Waals surface area contributed by atoms with E-state index in [1.54, 1.807) is 0 Å². The fourth-order valence-electron chi connectivity index (χ4n) is 3.07. The highest BCUT2D eigenvalue weighted by Gasteiger charge is 2.32. The summed E-state index contributed by atoms with van der Waals surface area (Å²) in [7, 11) is 0. The Labute approximate surface area is 132 Å². The largest absolute Gasteiger partial charge is 0.309 e. The lowest BCUT2D eigenvalue weighted by atomic mass is 9.95. The molecule has 2 atom stereocenters. The van der Waals surface area contributed by atoms with Crippen LogP contribution in [0.4, 0.5) is 0 Å². The van der Waals surface area contributed by atoms with Crippen molar-refractivity contribution in [2.45, 2.75) is 38.6 Å². The van der Waals surface area contributed by atoms with Crippen LogP contribution in [0, 0.1) is 6.92 Å². The molecule has 0 saturated heterocycles. The highest BCUT2D eigenvalue weighted by atomic mass is 79.9. The standard InChI is InChI=1S/C16H19BrN2S/c1-3-18-15(13-9-10(2)16(17)20-13)12-7-6-11-5-4-8-19-14(11)12/h4-5,8-9,12,15,18H,3,6-7H2,1-2H3. The molecule has 1 aliphatic carbocycles. The van der Waals surface area contributed by atoms with Crippen LogP contribution in [0.15, 0.2) is 28.2 Å². The number of rotatable bonds is 4. The number of nitrogens with one attached hydrogen (secondary N) is 1. The molecular weight excluding hydrogens is 332 g/mol. The summed E-state index contributed by atoms with van der Waals surface area (Å²) in [6.07, 6.45) is 4.27. The van der Waals surface area contributed by atoms with E-state index in [0.29, 0.717) is 12.0 Å². The Hall–Kier alpha value is -0.710. The van der Waals surface area contributed by atoms with Gasteiger partial charge in [0.1, 0.15) is 0 Å². The van der Waals surface area contributed by atoms with Gasteiger partial charge < -0.3 is 5.32 Å². The van der Waals surface area contributed by atoms with Crippen LogP contribution in [0.5, 0.6) is 0 Å². The van der Waals surface area contributed by atoms with Crippen molar-refractivity contribution in [2.75, 3.05) is 6.54 Å². The summed E-state index contributed by atoms with van der Waals surface area (Å²) < 4.78 is 1.25. The van der Waals surface area contributed by atoms with Crippen molar-refractivity contribution in [1.82, 2.24) is 10.3 Å². The quantitative estimate of drug-likeness (QED) is 0.871. The maximum absolute atomic E-state index is 4.65. The number of aryl methyl sites for hydroxylation is 2. The van der Waals surface area contributed by atoms with Crippen molar-refractivity contribution in [3.63, 3.8) is 0 Å². The normalized spacial score (nSPS) is 19.1. The van der Waals surface area contributed by atoms with E-state index in [0.717, 1.165) is 13.0 Å². The van der Waals surface area contributed by atoms with Crippen LogP contribution in [-0.2, 0) is 6.42 Å². The van der Waals surface area contributed by atoms with Crippen molar-refractivity contribution in [1.29, 1.82) is 0 Å². The predicted octanol–water partition coefficient (Wildman–Crippen LogP) is 4.59. The molecule has 0 bridgehead atoms. The van der Waals surface area contributed by atoms with Gasteiger partial charge in [-0.15, -0.1) is 11.3 Å². The summed E-state index contributed by atoms with van der Waals surface area (Å²) in [5.74, 6) is 0.496. The summed E-state index contributed by atoms with van der Waals surface area (Å²) >= 11 is 5.50. The number of fused-ring (bicyclic) bond motifs is 1. The molecule has 0 aliphatic heterocycles. The van der Waals surface area contributed by atoms with Crippen molar-refractivity contribution < 1.29 is 0 Å². The zero-order valence-electron chi connectivity index (χ0n) is 11.8. The maximum atomic E-state index is 4.65. The minimum Gasteiger partial charge on any atom is -0.309 e. The molecule has 1 N–H and O–H groups in total. The first-order chi connectivity index (χ1) is 9.70.